The smallest absolute Gasteiger partial charge is 0.276 e. The van der Waals surface area contributed by atoms with Crippen LogP contribution in [0.2, 0.25) is 0 Å². The number of carbonyl (C=O) groups excluding carboxylic acids is 8. The van der Waals surface area contributed by atoms with Crippen molar-refractivity contribution in [1.29, 1.82) is 0 Å². The molecule has 710 valence electrons. The van der Waals surface area contributed by atoms with Crippen molar-refractivity contribution in [2.75, 3.05) is 26.4 Å². The number of aliphatic hydroxyl groups is 4. The lowest BCUT2D eigenvalue weighted by atomic mass is 9.94. The molecule has 2 rings (SSSR count). The van der Waals surface area contributed by atoms with Gasteiger partial charge in [0.05, 0.1) is 50.4 Å². The molecule has 0 saturated carbocycles. The van der Waals surface area contributed by atoms with Crippen LogP contribution in [-0.4, -0.2) is 186 Å². The van der Waals surface area contributed by atoms with Crippen molar-refractivity contribution < 1.29 is 126 Å². The minimum absolute atomic E-state index is 0.0543. The van der Waals surface area contributed by atoms with E-state index in [2.05, 4.69) is 172 Å². The van der Waals surface area contributed by atoms with Gasteiger partial charge in [-0.25, -0.2) is 4.31 Å². The maximum atomic E-state index is 14.0. The number of phosphoric acid groups is 2. The Morgan fingerprint density at radius 2 is 0.824 bits per heavy atom. The number of aliphatic carboxylic acids is 2. The standard InChI is InChI=1S/C91H151N7O25P2/c1-58(2)30-20-31-59(3)32-21-33-60(4)34-22-35-61(5)36-23-37-62(6)38-24-39-63(7)40-25-41-64(8)42-26-43-65(9)44-27-45-66(10)46-28-47-67(11)48-29-49-68(12)53-55-117-124(113,114)123-125(115,116)122-91-80(96-73(17)102)84(83(77(57-100)120-91)121-90-79(95-72(16)101)82(105)81(104)76(56-99)119-90)118-71(15)86(107)93-69(13)85(106)98-75(89(111)112)51-52-78(103)97-74(50-18-19-54-92)87(108)94-70(14)88(109)110/h30,32,34,36,38,40,42,44,46,48,53,69-71,74-77,79-84,90-91,99-100,104-105H,18-29,31,33,35,37,39,41,43,45,47,49-52,54-57,92H2,1-17H3,(H,93,107)(H,94,108)(H,95,101)(H,96,102)(H,97,103)(H,98,106)(H,109,110)(H,111,112)(H,113,114)(H,115,116)/p-3/b59-32+,60-34+,61-36-,62-38-,63-40-,64-42-,65-44-,66-46-,67-48-,68-53-/t69-,70+,71+,74-,75+,76+,77+,79+,80+,81+,82+,83+,84+,90-,91+/m0/s1. The maximum absolute atomic E-state index is 14.0. The van der Waals surface area contributed by atoms with E-state index in [4.69, 9.17) is 28.0 Å². The van der Waals surface area contributed by atoms with Crippen molar-refractivity contribution in [3.05, 3.63) is 128 Å². The molecule has 2 saturated heterocycles. The highest BCUT2D eigenvalue weighted by molar-refractivity contribution is 7.59. The van der Waals surface area contributed by atoms with Gasteiger partial charge in [-0.1, -0.05) is 128 Å². The number of amides is 6. The van der Waals surface area contributed by atoms with E-state index in [1.54, 1.807) is 6.92 Å². The van der Waals surface area contributed by atoms with E-state index in [0.29, 0.717) is 37.8 Å². The highest BCUT2D eigenvalue weighted by atomic mass is 31.3. The third kappa shape index (κ3) is 49.2. The Morgan fingerprint density at radius 3 is 1.21 bits per heavy atom. The number of carbonyl (C=O) groups is 8. The summed E-state index contributed by atoms with van der Waals surface area (Å²) in [4.78, 5) is 130. The predicted octanol–water partition coefficient (Wildman–Crippen LogP) is 8.20. The van der Waals surface area contributed by atoms with Crippen molar-refractivity contribution in [2.24, 2.45) is 0 Å². The molecular formula is C91H148N7O25P2-3. The lowest BCUT2D eigenvalue weighted by Crippen LogP contribution is -2.70. The van der Waals surface area contributed by atoms with Crippen LogP contribution in [0.4, 0.5) is 0 Å². The van der Waals surface area contributed by atoms with Gasteiger partial charge >= 0.3 is 0 Å². The number of allylic oxidation sites excluding steroid dienone is 21. The first-order chi connectivity index (χ1) is 58.8. The summed E-state index contributed by atoms with van der Waals surface area (Å²) in [6.45, 7) is 28.8. The summed E-state index contributed by atoms with van der Waals surface area (Å²) in [6.07, 6.45) is 26.8. The minimum Gasteiger partial charge on any atom is -0.756 e. The summed E-state index contributed by atoms with van der Waals surface area (Å²) in [5.41, 5.74) is 18.4. The number of aliphatic hydroxyl groups excluding tert-OH is 4. The Bertz CT molecular complexity index is 3880. The van der Waals surface area contributed by atoms with Crippen LogP contribution in [0.1, 0.15) is 278 Å². The average Bonchev–Trinajstić information content (AvgIpc) is 0.766. The molecule has 6 amide bonds. The van der Waals surface area contributed by atoms with E-state index in [-0.39, 0.29) is 6.42 Å². The number of carboxylic acid groups (broad SMARTS) is 2. The molecule has 2 aliphatic heterocycles. The Balaban J connectivity index is 2.06. The lowest BCUT2D eigenvalue weighted by molar-refractivity contribution is -0.368. The molecule has 0 aromatic heterocycles. The Morgan fingerprint density at radius 1 is 0.432 bits per heavy atom. The van der Waals surface area contributed by atoms with Gasteiger partial charge in [0, 0.05) is 20.3 Å². The monoisotopic (exact) mass is 1800 g/mol. The van der Waals surface area contributed by atoms with E-state index in [0.717, 1.165) is 156 Å². The largest absolute Gasteiger partial charge is 0.756 e. The molecule has 2 unspecified atom stereocenters. The van der Waals surface area contributed by atoms with E-state index < -0.39 is 187 Å². The number of nitrogens with one attached hydrogen (secondary N) is 6. The molecule has 0 radical (unpaired) electrons. The van der Waals surface area contributed by atoms with Crippen molar-refractivity contribution in [3.63, 3.8) is 0 Å². The van der Waals surface area contributed by atoms with Crippen LogP contribution in [-0.2, 0) is 79.8 Å². The molecule has 34 heteroatoms. The quantitative estimate of drug-likeness (QED) is 0.0155. The molecule has 13 N–H and O–H groups in total. The van der Waals surface area contributed by atoms with Crippen LogP contribution in [0.15, 0.2) is 128 Å². The van der Waals surface area contributed by atoms with Crippen LogP contribution in [0, 0.1) is 0 Å². The van der Waals surface area contributed by atoms with Crippen LogP contribution in [0.25, 0.3) is 0 Å². The summed E-state index contributed by atoms with van der Waals surface area (Å²) < 4.78 is 65.2. The first kappa shape index (κ1) is 114. The second-order valence-corrected chi connectivity index (χ2v) is 36.4. The molecule has 0 aromatic rings. The predicted molar refractivity (Wildman–Crippen MR) is 471 cm³/mol. The Kier molecular flexibility index (Phi) is 55.9. The zero-order valence-electron chi connectivity index (χ0n) is 77.0. The molecule has 0 bridgehead atoms. The number of unbranched alkanes of at least 4 members (excludes halogenated alkanes) is 1. The topological polar surface area (TPSA) is 508 Å². The van der Waals surface area contributed by atoms with Crippen molar-refractivity contribution in [3.8, 4) is 0 Å². The highest BCUT2D eigenvalue weighted by Crippen LogP contribution is 2.57. The number of phosphoric ester groups is 2. The molecule has 0 aliphatic carbocycles. The summed E-state index contributed by atoms with van der Waals surface area (Å²) in [5, 5.41) is 80.1. The number of carboxylic acids is 2. The zero-order chi connectivity index (χ0) is 94.1. The second-order valence-electron chi connectivity index (χ2n) is 33.4. The van der Waals surface area contributed by atoms with Gasteiger partial charge in [0.25, 0.3) is 15.6 Å². The number of rotatable bonds is 61. The fourth-order valence-corrected chi connectivity index (χ4v) is 15.6. The van der Waals surface area contributed by atoms with Crippen molar-refractivity contribution in [1.82, 2.24) is 31.9 Å². The van der Waals surface area contributed by atoms with Gasteiger partial charge in [0.1, 0.15) is 66.9 Å². The first-order valence-electron chi connectivity index (χ1n) is 43.8. The molecule has 125 heavy (non-hydrogen) atoms. The Hall–Kier alpha value is -7.20. The van der Waals surface area contributed by atoms with Crippen molar-refractivity contribution in [2.45, 2.75) is 370 Å². The lowest BCUT2D eigenvalue weighted by Gasteiger charge is -2.50. The second kappa shape index (κ2) is 61.3. The zero-order valence-corrected chi connectivity index (χ0v) is 78.8. The molecular weight excluding hydrogens is 1650 g/mol. The SMILES string of the molecule is CC(=O)N[C@H]1[C@H](O[C@H]2[C@H](O[C@H](C)C(=O)N[C@@H](C)C(=O)N[C@H](CCC(=O)N[C@@H](CCCC[NH3+])C(=O)N[C@H](C)C(=O)[O-])C(=O)[O-])[C@@H](NC(C)=O)[C@@H](OP(=O)([O-])OP(=O)([O-])OC/C=C(/C)CC/C=C(/C)CC/C=C(/C)CC/C=C(/C)CC/C=C(/C)CC/C=C(/C)CC/C=C(/C)CC/C=C(/C)CC/C=C(\C)CC/C=C(\C)CCC=C(C)C)O[C@@H]2CO)O[C@H](CO)[C@@H](O)[C@@H]1O. The van der Waals surface area contributed by atoms with E-state index in [1.807, 2.05) is 6.92 Å². The van der Waals surface area contributed by atoms with Gasteiger partial charge in [-0.05, 0) is 258 Å². The fourth-order valence-electron chi connectivity index (χ4n) is 13.6. The van der Waals surface area contributed by atoms with Gasteiger partial charge in [0.2, 0.25) is 35.4 Å². The number of quaternary nitrogens is 1. The van der Waals surface area contributed by atoms with E-state index in [1.165, 1.54) is 56.2 Å². The molecule has 2 heterocycles. The van der Waals surface area contributed by atoms with Crippen LogP contribution < -0.4 is 57.6 Å². The van der Waals surface area contributed by atoms with Gasteiger partial charge < -0.3 is 111 Å². The summed E-state index contributed by atoms with van der Waals surface area (Å²) in [5.74, 6) is -9.40. The van der Waals surface area contributed by atoms with Gasteiger partial charge in [-0.15, -0.1) is 0 Å². The first-order valence-corrected chi connectivity index (χ1v) is 46.7. The minimum atomic E-state index is -6.25. The summed E-state index contributed by atoms with van der Waals surface area (Å²) >= 11 is 0. The molecule has 0 aromatic carbocycles. The summed E-state index contributed by atoms with van der Waals surface area (Å²) in [7, 11) is -12.1. The average molecular weight is 1800 g/mol. The van der Waals surface area contributed by atoms with Gasteiger partial charge in [0.15, 0.2) is 12.6 Å². The molecule has 17 atom stereocenters. The molecule has 2 aliphatic rings. The van der Waals surface area contributed by atoms with Crippen molar-refractivity contribution >= 4 is 63.0 Å². The third-order valence-corrected chi connectivity index (χ3v) is 23.8. The summed E-state index contributed by atoms with van der Waals surface area (Å²) in [6, 6.07) is -10.0. The Labute approximate surface area is 741 Å². The fraction of sp³-hybridized carbons (Fsp3) is 0.670. The third-order valence-electron chi connectivity index (χ3n) is 21.3. The van der Waals surface area contributed by atoms with Crippen LogP contribution in [0.5, 0.6) is 0 Å². The number of hydrogen-bond acceptors (Lipinski definition) is 25. The van der Waals surface area contributed by atoms with Gasteiger partial charge in [-0.2, -0.15) is 0 Å². The highest BCUT2D eigenvalue weighted by Gasteiger charge is 2.54. The maximum Gasteiger partial charge on any atom is 0.276 e. The number of ether oxygens (including phenoxy) is 4. The number of hydrogen-bond donors (Lipinski definition) is 11. The van der Waals surface area contributed by atoms with Crippen LogP contribution >= 0.6 is 15.6 Å². The normalized spacial score (nSPS) is 22.7. The molecule has 0 spiro atoms. The molecule has 2 fully saturated rings. The van der Waals surface area contributed by atoms with Gasteiger partial charge in [-0.3, -0.25) is 42.4 Å². The van der Waals surface area contributed by atoms with Crippen LogP contribution in [0.3, 0.4) is 0 Å². The molecule has 32 nitrogen and oxygen atoms in total. The van der Waals surface area contributed by atoms with E-state index >= 15 is 0 Å². The van der Waals surface area contributed by atoms with E-state index in [9.17, 15) is 87.9 Å².